The zero-order chi connectivity index (χ0) is 39.4. The van der Waals surface area contributed by atoms with E-state index in [9.17, 15) is 48.6 Å². The Hall–Kier alpha value is -6.52. The second kappa shape index (κ2) is 16.0. The van der Waals surface area contributed by atoms with Gasteiger partial charge < -0.3 is 14.2 Å². The fourth-order valence-electron chi connectivity index (χ4n) is 6.04. The predicted octanol–water partition coefficient (Wildman–Crippen LogP) is 7.96. The molecule has 10 nitrogen and oxygen atoms in total. The first-order chi connectivity index (χ1) is 25.7. The highest BCUT2D eigenvalue weighted by atomic mass is 32.2. The molecule has 0 saturated heterocycles. The van der Waals surface area contributed by atoms with E-state index in [0.717, 1.165) is 23.4 Å². The first-order valence-corrected chi connectivity index (χ1v) is 17.3. The lowest BCUT2D eigenvalue weighted by molar-refractivity contribution is -0.132. The molecule has 2 aromatic rings. The van der Waals surface area contributed by atoms with Gasteiger partial charge in [0.2, 0.25) is 17.5 Å². The molecule has 2 heterocycles. The van der Waals surface area contributed by atoms with Crippen LogP contribution in [0.2, 0.25) is 0 Å². The summed E-state index contributed by atoms with van der Waals surface area (Å²) >= 11 is 2.39. The molecule has 2 aromatic carbocycles. The van der Waals surface area contributed by atoms with Gasteiger partial charge in [0.05, 0.1) is 0 Å². The molecule has 0 amide bonds. The first kappa shape index (κ1) is 38.7. The maximum absolute atomic E-state index is 13.6. The van der Waals surface area contributed by atoms with E-state index in [0.29, 0.717) is 32.9 Å². The number of aryl methyl sites for hydroxylation is 1. The van der Waals surface area contributed by atoms with Crippen LogP contribution in [0, 0.1) is 57.2 Å². The summed E-state index contributed by atoms with van der Waals surface area (Å²) in [5.41, 5.74) is 1.84. The minimum Gasteiger partial charge on any atom is -0.421 e. The standard InChI is InChI=1S/C39H23F3N4O6S2/c1-5-21-6-22(8-26(7-21)50-37(47)18(2)40)31-12-29-33(24(14-43)15-44)30-13-32(54-36(30)34(35(29)53-31)25(16-45)17-46)23-9-27(51-38(48)19(3)41)11-28(10-23)52-39(49)20(4)42/h6-13,29-30,35-36H,2-5H2,1H3. The Kier molecular flexibility index (Phi) is 11.5. The number of hydrogen-bond donors (Lipinski definition) is 0. The largest absolute Gasteiger partial charge is 0.421 e. The Morgan fingerprint density at radius 1 is 0.630 bits per heavy atom. The summed E-state index contributed by atoms with van der Waals surface area (Å²) in [4.78, 5) is 37.1. The van der Waals surface area contributed by atoms with Crippen molar-refractivity contribution in [2.24, 2.45) is 11.8 Å². The monoisotopic (exact) mass is 764 g/mol. The van der Waals surface area contributed by atoms with Crippen molar-refractivity contribution in [2.75, 3.05) is 0 Å². The van der Waals surface area contributed by atoms with Crippen molar-refractivity contribution in [3.05, 3.63) is 125 Å². The Labute approximate surface area is 315 Å². The van der Waals surface area contributed by atoms with Gasteiger partial charge >= 0.3 is 17.9 Å². The number of esters is 3. The summed E-state index contributed by atoms with van der Waals surface area (Å²) in [5.74, 6) is -10.4. The molecule has 268 valence electrons. The van der Waals surface area contributed by atoms with E-state index in [1.807, 2.05) is 37.3 Å². The lowest BCUT2D eigenvalue weighted by Gasteiger charge is -2.38. The molecule has 1 aliphatic carbocycles. The van der Waals surface area contributed by atoms with Crippen LogP contribution in [0.15, 0.2) is 108 Å². The Morgan fingerprint density at radius 2 is 1.00 bits per heavy atom. The molecule has 1 saturated carbocycles. The van der Waals surface area contributed by atoms with E-state index in [-0.39, 0.29) is 34.0 Å². The van der Waals surface area contributed by atoms with Crippen molar-refractivity contribution in [3.63, 3.8) is 0 Å². The van der Waals surface area contributed by atoms with Gasteiger partial charge in [-0.15, -0.1) is 23.5 Å². The van der Waals surface area contributed by atoms with Gasteiger partial charge in [-0.2, -0.15) is 34.2 Å². The van der Waals surface area contributed by atoms with Gasteiger partial charge in [-0.1, -0.05) is 44.9 Å². The summed E-state index contributed by atoms with van der Waals surface area (Å²) in [6, 6.07) is 16.4. The number of nitriles is 4. The SMILES string of the molecule is C=C(F)C(=O)Oc1cc(CC)cc(C2=CC3C(=C(C#N)C#N)C4C=C(c5cc(OC(=O)C(=C)F)cc(OC(=O)C(=C)F)c5)SC4C(=C(C#N)C#N)C3S2)c1. The topological polar surface area (TPSA) is 174 Å². The lowest BCUT2D eigenvalue weighted by Crippen LogP contribution is -2.37. The second-order valence-corrected chi connectivity index (χ2v) is 14.0. The number of carbonyl (C=O) groups excluding carboxylic acids is 3. The molecule has 1 fully saturated rings. The highest BCUT2D eigenvalue weighted by molar-refractivity contribution is 8.10. The molecule has 54 heavy (non-hydrogen) atoms. The predicted molar refractivity (Wildman–Crippen MR) is 192 cm³/mol. The Morgan fingerprint density at radius 3 is 1.37 bits per heavy atom. The number of halogens is 3. The molecule has 0 N–H and O–H groups in total. The number of thioether (sulfide) groups is 2. The summed E-state index contributed by atoms with van der Waals surface area (Å²) in [7, 11) is 0. The zero-order valence-corrected chi connectivity index (χ0v) is 29.6. The van der Waals surface area contributed by atoms with Crippen molar-refractivity contribution in [1.29, 1.82) is 21.0 Å². The molecule has 0 radical (unpaired) electrons. The molecule has 15 heteroatoms. The van der Waals surface area contributed by atoms with Crippen LogP contribution in [0.1, 0.15) is 23.6 Å². The number of benzene rings is 2. The highest BCUT2D eigenvalue weighted by Crippen LogP contribution is 2.62. The third kappa shape index (κ3) is 7.79. The van der Waals surface area contributed by atoms with Crippen molar-refractivity contribution in [1.82, 2.24) is 0 Å². The first-order valence-electron chi connectivity index (χ1n) is 15.6. The van der Waals surface area contributed by atoms with Gasteiger partial charge in [-0.05, 0) is 58.5 Å². The average Bonchev–Trinajstić information content (AvgIpc) is 3.78. The van der Waals surface area contributed by atoms with Crippen LogP contribution in [0.3, 0.4) is 0 Å². The van der Waals surface area contributed by atoms with E-state index >= 15 is 0 Å². The number of fused-ring (bicyclic) bond motifs is 2. The molecular formula is C39H23F3N4O6S2. The molecule has 5 rings (SSSR count). The van der Waals surface area contributed by atoms with Crippen LogP contribution in [-0.4, -0.2) is 28.4 Å². The second-order valence-electron chi connectivity index (χ2n) is 11.6. The fourth-order valence-corrected chi connectivity index (χ4v) is 9.16. The summed E-state index contributed by atoms with van der Waals surface area (Å²) in [5, 5.41) is 39.2. The van der Waals surface area contributed by atoms with Crippen LogP contribution >= 0.6 is 23.5 Å². The van der Waals surface area contributed by atoms with E-state index in [2.05, 4.69) is 19.7 Å². The maximum Gasteiger partial charge on any atom is 0.371 e. The third-order valence-electron chi connectivity index (χ3n) is 8.30. The number of ether oxygens (including phenoxy) is 3. The Bertz CT molecular complexity index is 2310. The summed E-state index contributed by atoms with van der Waals surface area (Å²) in [6.45, 7) is 10.6. The number of allylic oxidation sites excluding steroid dienone is 5. The van der Waals surface area contributed by atoms with Gasteiger partial charge in [0.15, 0.2) is 0 Å². The number of carbonyl (C=O) groups is 3. The lowest BCUT2D eigenvalue weighted by atomic mass is 9.70. The van der Waals surface area contributed by atoms with Crippen LogP contribution in [0.5, 0.6) is 17.2 Å². The normalized spacial score (nSPS) is 19.2. The smallest absolute Gasteiger partial charge is 0.371 e. The molecule has 2 aliphatic heterocycles. The van der Waals surface area contributed by atoms with Gasteiger partial charge in [-0.3, -0.25) is 0 Å². The molecule has 0 aromatic heterocycles. The van der Waals surface area contributed by atoms with Crippen molar-refractivity contribution in [2.45, 2.75) is 23.8 Å². The molecule has 4 unspecified atom stereocenters. The van der Waals surface area contributed by atoms with E-state index < -0.39 is 57.7 Å². The summed E-state index contributed by atoms with van der Waals surface area (Å²) < 4.78 is 55.9. The van der Waals surface area contributed by atoms with E-state index in [1.165, 1.54) is 30.0 Å². The van der Waals surface area contributed by atoms with E-state index in [4.69, 9.17) is 14.2 Å². The van der Waals surface area contributed by atoms with Gasteiger partial charge in [0.1, 0.15) is 52.7 Å². The average molecular weight is 765 g/mol. The minimum absolute atomic E-state index is 0.0464. The molecular weight excluding hydrogens is 742 g/mol. The number of rotatable bonds is 9. The van der Waals surface area contributed by atoms with E-state index in [1.54, 1.807) is 18.2 Å². The summed E-state index contributed by atoms with van der Waals surface area (Å²) in [6.07, 6.45) is 3.97. The van der Waals surface area contributed by atoms with Crippen molar-refractivity contribution >= 4 is 51.2 Å². The molecule has 4 atom stereocenters. The van der Waals surface area contributed by atoms with Crippen LogP contribution in [0.4, 0.5) is 13.2 Å². The quantitative estimate of drug-likeness (QED) is 0.104. The van der Waals surface area contributed by atoms with Gasteiger partial charge in [-0.25, -0.2) is 14.4 Å². The zero-order valence-electron chi connectivity index (χ0n) is 27.9. The third-order valence-corrected chi connectivity index (χ3v) is 11.2. The fraction of sp³-hybridized carbons (Fsp3) is 0.154. The van der Waals surface area contributed by atoms with Crippen LogP contribution in [-0.2, 0) is 20.8 Å². The maximum atomic E-state index is 13.6. The Balaban J connectivity index is 1.68. The number of hydrogen-bond acceptors (Lipinski definition) is 12. The highest BCUT2D eigenvalue weighted by Gasteiger charge is 2.51. The number of nitrogens with zero attached hydrogens (tertiary/aromatic N) is 4. The van der Waals surface area contributed by atoms with Crippen LogP contribution < -0.4 is 14.2 Å². The van der Waals surface area contributed by atoms with Crippen LogP contribution in [0.25, 0.3) is 9.81 Å². The van der Waals surface area contributed by atoms with Gasteiger partial charge in [0, 0.05) is 38.2 Å². The molecule has 0 bridgehead atoms. The molecule has 3 aliphatic rings. The minimum atomic E-state index is -1.45. The van der Waals surface area contributed by atoms with Gasteiger partial charge in [0.25, 0.3) is 0 Å². The molecule has 0 spiro atoms. The van der Waals surface area contributed by atoms with Crippen molar-refractivity contribution in [3.8, 4) is 41.5 Å². The van der Waals surface area contributed by atoms with Crippen molar-refractivity contribution < 1.29 is 41.8 Å².